The largest absolute Gasteiger partial charge is 0.301 e. The molecule has 2 fully saturated rings. The van der Waals surface area contributed by atoms with E-state index in [1.165, 1.54) is 5.56 Å². The van der Waals surface area contributed by atoms with Crippen LogP contribution in [0.4, 0.5) is 11.4 Å². The van der Waals surface area contributed by atoms with Gasteiger partial charge in [0.25, 0.3) is 0 Å². The molecule has 2 aliphatic rings. The van der Waals surface area contributed by atoms with Crippen molar-refractivity contribution in [2.45, 2.75) is 26.2 Å². The third kappa shape index (κ3) is 2.58. The van der Waals surface area contributed by atoms with Crippen molar-refractivity contribution in [3.63, 3.8) is 0 Å². The van der Waals surface area contributed by atoms with Crippen LogP contribution in [0.1, 0.15) is 26.3 Å². The van der Waals surface area contributed by atoms with Gasteiger partial charge in [-0.15, -0.1) is 0 Å². The highest BCUT2D eigenvalue weighted by atomic mass is 16.2. The van der Waals surface area contributed by atoms with Gasteiger partial charge >= 0.3 is 0 Å². The van der Waals surface area contributed by atoms with E-state index >= 15 is 0 Å². The molecular formula is C20H20N2O2. The van der Waals surface area contributed by atoms with Gasteiger partial charge in [0.05, 0.1) is 0 Å². The van der Waals surface area contributed by atoms with E-state index in [1.807, 2.05) is 24.3 Å². The Morgan fingerprint density at radius 2 is 1.33 bits per heavy atom. The van der Waals surface area contributed by atoms with Gasteiger partial charge in [-0.25, -0.2) is 0 Å². The Morgan fingerprint density at radius 1 is 0.833 bits per heavy atom. The van der Waals surface area contributed by atoms with Gasteiger partial charge in [-0.1, -0.05) is 45.0 Å². The highest BCUT2D eigenvalue weighted by Crippen LogP contribution is 2.39. The van der Waals surface area contributed by atoms with E-state index in [0.717, 1.165) is 22.5 Å². The van der Waals surface area contributed by atoms with Gasteiger partial charge in [0.1, 0.15) is 13.1 Å². The summed E-state index contributed by atoms with van der Waals surface area (Å²) in [5.74, 6) is 0.249. The van der Waals surface area contributed by atoms with Crippen molar-refractivity contribution in [2.75, 3.05) is 22.9 Å². The Bertz CT molecular complexity index is 824. The van der Waals surface area contributed by atoms with Crippen LogP contribution in [0.5, 0.6) is 0 Å². The molecule has 0 spiro atoms. The maximum atomic E-state index is 11.6. The van der Waals surface area contributed by atoms with Crippen LogP contribution >= 0.6 is 0 Å². The summed E-state index contributed by atoms with van der Waals surface area (Å²) in [6.45, 7) is 7.49. The average Bonchev–Trinajstić information content (AvgIpc) is 3.44. The van der Waals surface area contributed by atoms with Crippen LogP contribution in [0.15, 0.2) is 42.5 Å². The minimum atomic E-state index is 0.0120. The van der Waals surface area contributed by atoms with Crippen LogP contribution in [0.2, 0.25) is 0 Å². The van der Waals surface area contributed by atoms with Gasteiger partial charge < -0.3 is 9.80 Å². The molecule has 24 heavy (non-hydrogen) atoms. The van der Waals surface area contributed by atoms with Crippen molar-refractivity contribution in [3.05, 3.63) is 48.0 Å². The van der Waals surface area contributed by atoms with Crippen molar-refractivity contribution in [3.8, 4) is 11.1 Å². The molecule has 2 aliphatic heterocycles. The lowest BCUT2D eigenvalue weighted by Gasteiger charge is -2.23. The Balaban J connectivity index is 1.86. The molecule has 0 aromatic heterocycles. The summed E-state index contributed by atoms with van der Waals surface area (Å²) in [4.78, 5) is 26.6. The van der Waals surface area contributed by atoms with Gasteiger partial charge in [-0.05, 0) is 40.3 Å². The number of anilines is 2. The number of nitrogens with zero attached hydrogens (tertiary/aromatic N) is 2. The van der Waals surface area contributed by atoms with E-state index in [2.05, 4.69) is 39.0 Å². The van der Waals surface area contributed by atoms with Gasteiger partial charge in [-0.2, -0.15) is 0 Å². The summed E-state index contributed by atoms with van der Waals surface area (Å²) >= 11 is 0. The SMILES string of the molecule is CC(C)(C)c1ccccc1-c1cc(N2CC2=O)cc(N2CC2=O)c1. The van der Waals surface area contributed by atoms with E-state index in [-0.39, 0.29) is 17.2 Å². The van der Waals surface area contributed by atoms with Crippen LogP contribution in [-0.2, 0) is 15.0 Å². The summed E-state index contributed by atoms with van der Waals surface area (Å²) in [5, 5.41) is 0. The van der Waals surface area contributed by atoms with Crippen molar-refractivity contribution in [1.82, 2.24) is 0 Å². The zero-order valence-corrected chi connectivity index (χ0v) is 14.2. The smallest absolute Gasteiger partial charge is 0.247 e. The standard InChI is InChI=1S/C20H20N2O2/c1-20(2,3)17-7-5-4-6-16(17)13-8-14(21-11-18(21)23)10-15(9-13)22-12-19(22)24/h4-10H,11-12H2,1-3H3. The van der Waals surface area contributed by atoms with E-state index in [4.69, 9.17) is 0 Å². The highest BCUT2D eigenvalue weighted by molar-refractivity contribution is 6.15. The first-order chi connectivity index (χ1) is 11.3. The molecule has 2 aromatic rings. The minimum absolute atomic E-state index is 0.0120. The number of benzene rings is 2. The number of hydrogen-bond donors (Lipinski definition) is 0. The summed E-state index contributed by atoms with van der Waals surface area (Å²) in [5.41, 5.74) is 5.20. The number of carbonyl (C=O) groups excluding carboxylic acids is 2. The molecule has 2 saturated heterocycles. The van der Waals surface area contributed by atoms with Crippen molar-refractivity contribution in [2.24, 2.45) is 0 Å². The summed E-state index contributed by atoms with van der Waals surface area (Å²) < 4.78 is 0. The predicted molar refractivity (Wildman–Crippen MR) is 95.3 cm³/mol. The Kier molecular flexibility index (Phi) is 3.07. The number of rotatable bonds is 3. The lowest BCUT2D eigenvalue weighted by Crippen LogP contribution is -2.12. The fourth-order valence-corrected chi connectivity index (χ4v) is 3.12. The fourth-order valence-electron chi connectivity index (χ4n) is 3.12. The number of carbonyl (C=O) groups is 2. The molecule has 0 N–H and O–H groups in total. The summed E-state index contributed by atoms with van der Waals surface area (Å²) in [6.07, 6.45) is 0. The first-order valence-corrected chi connectivity index (χ1v) is 8.20. The molecule has 2 aromatic carbocycles. The second-order valence-corrected chi connectivity index (χ2v) is 7.49. The van der Waals surface area contributed by atoms with Crippen LogP contribution < -0.4 is 9.80 Å². The van der Waals surface area contributed by atoms with E-state index in [9.17, 15) is 9.59 Å². The lowest BCUT2D eigenvalue weighted by molar-refractivity contribution is -0.110. The molecule has 4 nitrogen and oxygen atoms in total. The highest BCUT2D eigenvalue weighted by Gasteiger charge is 2.36. The first-order valence-electron chi connectivity index (χ1n) is 8.20. The van der Waals surface area contributed by atoms with Crippen molar-refractivity contribution < 1.29 is 9.59 Å². The average molecular weight is 320 g/mol. The molecule has 4 heteroatoms. The van der Waals surface area contributed by atoms with Gasteiger partial charge in [0.15, 0.2) is 0 Å². The van der Waals surface area contributed by atoms with Crippen LogP contribution in [0, 0.1) is 0 Å². The molecule has 2 amide bonds. The molecule has 0 saturated carbocycles. The fraction of sp³-hybridized carbons (Fsp3) is 0.300. The topological polar surface area (TPSA) is 40.2 Å². The molecule has 0 bridgehead atoms. The number of amides is 2. The third-order valence-corrected chi connectivity index (χ3v) is 4.55. The molecule has 0 aliphatic carbocycles. The number of hydrogen-bond acceptors (Lipinski definition) is 2. The Morgan fingerprint density at radius 3 is 1.79 bits per heavy atom. The molecule has 122 valence electrons. The maximum Gasteiger partial charge on any atom is 0.247 e. The van der Waals surface area contributed by atoms with Gasteiger partial charge in [0.2, 0.25) is 11.8 Å². The quantitative estimate of drug-likeness (QED) is 0.814. The Labute approximate surface area is 141 Å². The van der Waals surface area contributed by atoms with Crippen molar-refractivity contribution in [1.29, 1.82) is 0 Å². The van der Waals surface area contributed by atoms with Crippen molar-refractivity contribution >= 4 is 23.2 Å². The normalized spacial score (nSPS) is 16.6. The minimum Gasteiger partial charge on any atom is -0.301 e. The van der Waals surface area contributed by atoms with E-state index < -0.39 is 0 Å². The molecule has 0 radical (unpaired) electrons. The first kappa shape index (κ1) is 14.9. The molecular weight excluding hydrogens is 300 g/mol. The maximum absolute atomic E-state index is 11.6. The monoisotopic (exact) mass is 320 g/mol. The molecule has 2 heterocycles. The molecule has 0 unspecified atom stereocenters. The third-order valence-electron chi connectivity index (χ3n) is 4.55. The molecule has 0 atom stereocenters. The van der Waals surface area contributed by atoms with Crippen LogP contribution in [-0.4, -0.2) is 24.9 Å². The van der Waals surface area contributed by atoms with Crippen LogP contribution in [0.3, 0.4) is 0 Å². The summed E-state index contributed by atoms with van der Waals surface area (Å²) in [7, 11) is 0. The Hall–Kier alpha value is -2.62. The second-order valence-electron chi connectivity index (χ2n) is 7.49. The van der Waals surface area contributed by atoms with Gasteiger partial charge in [0, 0.05) is 11.4 Å². The molecule has 4 rings (SSSR count). The van der Waals surface area contributed by atoms with E-state index in [1.54, 1.807) is 9.80 Å². The summed E-state index contributed by atoms with van der Waals surface area (Å²) in [6, 6.07) is 14.4. The predicted octanol–water partition coefficient (Wildman–Crippen LogP) is 3.34. The lowest BCUT2D eigenvalue weighted by atomic mass is 9.82. The van der Waals surface area contributed by atoms with Crippen LogP contribution in [0.25, 0.3) is 11.1 Å². The zero-order chi connectivity index (χ0) is 17.1. The second kappa shape index (κ2) is 4.94. The van der Waals surface area contributed by atoms with Gasteiger partial charge in [-0.3, -0.25) is 9.59 Å². The van der Waals surface area contributed by atoms with E-state index in [0.29, 0.717) is 13.1 Å². The zero-order valence-electron chi connectivity index (χ0n) is 14.2.